The van der Waals surface area contributed by atoms with Gasteiger partial charge in [0.05, 0.1) is 12.7 Å². The average Bonchev–Trinajstić information content (AvgIpc) is 2.25. The smallest absolute Gasteiger partial charge is 0.418 e. The minimum Gasteiger partial charge on any atom is -0.465 e. The molecule has 0 aliphatic rings. The van der Waals surface area contributed by atoms with Crippen molar-refractivity contribution >= 4 is 28.6 Å². The van der Waals surface area contributed by atoms with Crippen molar-refractivity contribution in [2.24, 2.45) is 0 Å². The minimum atomic E-state index is -4.78. The van der Waals surface area contributed by atoms with Crippen molar-refractivity contribution in [1.82, 2.24) is 4.98 Å². The first kappa shape index (κ1) is 15.1. The minimum absolute atomic E-state index is 0.274. The van der Waals surface area contributed by atoms with Gasteiger partial charge in [-0.1, -0.05) is 0 Å². The maximum atomic E-state index is 12.6. The van der Waals surface area contributed by atoms with Crippen LogP contribution in [0.25, 0.3) is 0 Å². The van der Waals surface area contributed by atoms with Gasteiger partial charge in [0.25, 0.3) is 6.43 Å². The average molecular weight is 381 g/mol. The van der Waals surface area contributed by atoms with Crippen LogP contribution in [-0.2, 0) is 10.9 Å². The number of hydrogen-bond donors (Lipinski definition) is 0. The Labute approximate surface area is 111 Å². The molecule has 0 saturated heterocycles. The van der Waals surface area contributed by atoms with Crippen LogP contribution in [0.1, 0.15) is 28.0 Å². The van der Waals surface area contributed by atoms with Crippen LogP contribution >= 0.6 is 22.6 Å². The van der Waals surface area contributed by atoms with E-state index in [0.29, 0.717) is 0 Å². The van der Waals surface area contributed by atoms with Crippen molar-refractivity contribution in [3.8, 4) is 0 Å². The van der Waals surface area contributed by atoms with Crippen molar-refractivity contribution in [2.45, 2.75) is 12.6 Å². The van der Waals surface area contributed by atoms with E-state index in [1.165, 1.54) is 22.6 Å². The summed E-state index contributed by atoms with van der Waals surface area (Å²) in [7, 11) is 0.883. The number of esters is 1. The number of carbonyl (C=O) groups is 1. The van der Waals surface area contributed by atoms with E-state index in [1.54, 1.807) is 0 Å². The maximum absolute atomic E-state index is 12.6. The van der Waals surface area contributed by atoms with Crippen LogP contribution in [0.2, 0.25) is 0 Å². The van der Waals surface area contributed by atoms with Gasteiger partial charge in [-0.25, -0.2) is 13.6 Å². The monoisotopic (exact) mass is 381 g/mol. The van der Waals surface area contributed by atoms with Gasteiger partial charge in [0, 0.05) is 9.77 Å². The van der Waals surface area contributed by atoms with Gasteiger partial charge in [-0.05, 0) is 22.6 Å². The standard InChI is InChI=1S/C9H5F5INO2/c1-18-8(17)4-5(15)3(9(12,13)14)2-16-6(4)7(10)11/h2,7H,1H3. The van der Waals surface area contributed by atoms with Crippen molar-refractivity contribution in [3.63, 3.8) is 0 Å². The zero-order chi connectivity index (χ0) is 14.1. The molecule has 0 unspecified atom stereocenters. The summed E-state index contributed by atoms with van der Waals surface area (Å²) in [6.07, 6.45) is -7.68. The molecule has 1 aromatic heterocycles. The molecule has 0 N–H and O–H groups in total. The third kappa shape index (κ3) is 2.87. The van der Waals surface area contributed by atoms with Crippen molar-refractivity contribution in [3.05, 3.63) is 26.6 Å². The molecule has 18 heavy (non-hydrogen) atoms. The quantitative estimate of drug-likeness (QED) is 0.448. The molecular weight excluding hydrogens is 376 g/mol. The van der Waals surface area contributed by atoms with E-state index in [4.69, 9.17) is 0 Å². The van der Waals surface area contributed by atoms with Gasteiger partial charge in [0.1, 0.15) is 11.3 Å². The molecule has 1 aromatic rings. The van der Waals surface area contributed by atoms with E-state index in [9.17, 15) is 26.7 Å². The SMILES string of the molecule is COC(=O)c1c(C(F)F)ncc(C(F)(F)F)c1I. The zero-order valence-electron chi connectivity index (χ0n) is 8.69. The highest BCUT2D eigenvalue weighted by Gasteiger charge is 2.37. The third-order valence-electron chi connectivity index (χ3n) is 1.95. The highest BCUT2D eigenvalue weighted by Crippen LogP contribution is 2.36. The molecule has 0 bridgehead atoms. The lowest BCUT2D eigenvalue weighted by Crippen LogP contribution is -2.17. The molecule has 9 heteroatoms. The van der Waals surface area contributed by atoms with Gasteiger partial charge in [-0.15, -0.1) is 0 Å². The largest absolute Gasteiger partial charge is 0.465 e. The molecule has 0 fully saturated rings. The number of pyridine rings is 1. The van der Waals surface area contributed by atoms with Crippen LogP contribution in [0.5, 0.6) is 0 Å². The summed E-state index contributed by atoms with van der Waals surface area (Å²) >= 11 is 1.17. The molecule has 0 atom stereocenters. The summed E-state index contributed by atoms with van der Waals surface area (Å²) in [5, 5.41) is 0. The van der Waals surface area contributed by atoms with E-state index in [-0.39, 0.29) is 6.20 Å². The van der Waals surface area contributed by atoms with Gasteiger partial charge in [0.2, 0.25) is 0 Å². The fourth-order valence-electron chi connectivity index (χ4n) is 1.16. The highest BCUT2D eigenvalue weighted by atomic mass is 127. The lowest BCUT2D eigenvalue weighted by atomic mass is 10.1. The lowest BCUT2D eigenvalue weighted by molar-refractivity contribution is -0.138. The van der Waals surface area contributed by atoms with Crippen LogP contribution in [-0.4, -0.2) is 18.1 Å². The van der Waals surface area contributed by atoms with Crippen molar-refractivity contribution in [1.29, 1.82) is 0 Å². The summed E-state index contributed by atoms with van der Waals surface area (Å²) in [6, 6.07) is 0. The number of hydrogen-bond acceptors (Lipinski definition) is 3. The fraction of sp³-hybridized carbons (Fsp3) is 0.333. The number of halogens is 6. The summed E-state index contributed by atoms with van der Waals surface area (Å²) in [6.45, 7) is 0. The van der Waals surface area contributed by atoms with E-state index < -0.39 is 39.0 Å². The Morgan fingerprint density at radius 3 is 2.39 bits per heavy atom. The van der Waals surface area contributed by atoms with E-state index in [1.807, 2.05) is 0 Å². The Bertz CT molecular complexity index is 475. The van der Waals surface area contributed by atoms with Crippen molar-refractivity contribution in [2.75, 3.05) is 7.11 Å². The molecule has 0 aliphatic heterocycles. The van der Waals surface area contributed by atoms with Crippen LogP contribution < -0.4 is 0 Å². The number of nitrogens with zero attached hydrogens (tertiary/aromatic N) is 1. The van der Waals surface area contributed by atoms with Crippen LogP contribution in [0.3, 0.4) is 0 Å². The van der Waals surface area contributed by atoms with Gasteiger partial charge in [0.15, 0.2) is 0 Å². The Morgan fingerprint density at radius 2 is 2.00 bits per heavy atom. The highest BCUT2D eigenvalue weighted by molar-refractivity contribution is 14.1. The summed E-state index contributed by atoms with van der Waals surface area (Å²) in [4.78, 5) is 14.3. The predicted octanol–water partition coefficient (Wildman–Crippen LogP) is 3.43. The molecule has 100 valence electrons. The second-order valence-electron chi connectivity index (χ2n) is 3.04. The van der Waals surface area contributed by atoms with E-state index in [2.05, 4.69) is 9.72 Å². The predicted molar refractivity (Wildman–Crippen MR) is 58.3 cm³/mol. The Morgan fingerprint density at radius 1 is 1.44 bits per heavy atom. The van der Waals surface area contributed by atoms with Crippen molar-refractivity contribution < 1.29 is 31.5 Å². The molecule has 0 radical (unpaired) electrons. The number of rotatable bonds is 2. The fourth-order valence-corrected chi connectivity index (χ4v) is 2.10. The number of methoxy groups -OCH3 is 1. The molecule has 1 heterocycles. The number of alkyl halides is 5. The first-order valence-electron chi connectivity index (χ1n) is 4.32. The Balaban J connectivity index is 3.55. The lowest BCUT2D eigenvalue weighted by Gasteiger charge is -2.14. The molecule has 0 aromatic carbocycles. The topological polar surface area (TPSA) is 39.2 Å². The van der Waals surface area contributed by atoms with Crippen LogP contribution in [0.15, 0.2) is 6.20 Å². The van der Waals surface area contributed by atoms with E-state index in [0.717, 1.165) is 7.11 Å². The summed E-state index contributed by atoms with van der Waals surface area (Å²) in [5.74, 6) is -1.28. The van der Waals surface area contributed by atoms with Gasteiger partial charge in [-0.2, -0.15) is 13.2 Å². The molecule has 0 saturated carbocycles. The maximum Gasteiger partial charge on any atom is 0.418 e. The van der Waals surface area contributed by atoms with Gasteiger partial charge < -0.3 is 4.74 Å². The molecule has 3 nitrogen and oxygen atoms in total. The Kier molecular flexibility index (Phi) is 4.46. The second-order valence-corrected chi connectivity index (χ2v) is 4.11. The summed E-state index contributed by atoms with van der Waals surface area (Å²) in [5.41, 5.74) is -3.14. The van der Waals surface area contributed by atoms with E-state index >= 15 is 0 Å². The number of aromatic nitrogens is 1. The van der Waals surface area contributed by atoms with Crippen LogP contribution in [0, 0.1) is 3.57 Å². The normalized spacial score (nSPS) is 11.8. The zero-order valence-corrected chi connectivity index (χ0v) is 10.8. The molecule has 0 spiro atoms. The second kappa shape index (κ2) is 5.33. The first-order chi connectivity index (χ1) is 8.20. The van der Waals surface area contributed by atoms with Gasteiger partial charge >= 0.3 is 12.1 Å². The molecular formula is C9H5F5INO2. The number of carbonyl (C=O) groups excluding carboxylic acids is 1. The summed E-state index contributed by atoms with van der Waals surface area (Å²) < 4.78 is 66.3. The molecule has 0 amide bonds. The Hall–Kier alpha value is -1.00. The number of ether oxygens (including phenoxy) is 1. The molecule has 1 rings (SSSR count). The van der Waals surface area contributed by atoms with Gasteiger partial charge in [-0.3, -0.25) is 4.98 Å². The first-order valence-corrected chi connectivity index (χ1v) is 5.40. The molecule has 0 aliphatic carbocycles. The van der Waals surface area contributed by atoms with Crippen LogP contribution in [0.4, 0.5) is 22.0 Å². The third-order valence-corrected chi connectivity index (χ3v) is 3.07.